The first-order valence-corrected chi connectivity index (χ1v) is 8.64. The zero-order chi connectivity index (χ0) is 15.5. The Kier molecular flexibility index (Phi) is 5.04. The van der Waals surface area contributed by atoms with Crippen LogP contribution >= 0.6 is 0 Å². The summed E-state index contributed by atoms with van der Waals surface area (Å²) in [6, 6.07) is 6.41. The summed E-state index contributed by atoms with van der Waals surface area (Å²) in [5.74, 6) is 6.18. The van der Waals surface area contributed by atoms with E-state index in [2.05, 4.69) is 30.4 Å². The molecule has 0 aliphatic heterocycles. The van der Waals surface area contributed by atoms with Gasteiger partial charge in [0.05, 0.1) is 4.90 Å². The van der Waals surface area contributed by atoms with E-state index in [4.69, 9.17) is 5.11 Å². The third kappa shape index (κ3) is 3.85. The number of sulfonamides is 1. The van der Waals surface area contributed by atoms with Gasteiger partial charge in [-0.15, -0.1) is 0 Å². The van der Waals surface area contributed by atoms with Crippen molar-refractivity contribution >= 4 is 10.0 Å². The zero-order valence-electron chi connectivity index (χ0n) is 12.3. The van der Waals surface area contributed by atoms with Crippen molar-refractivity contribution in [3.63, 3.8) is 0 Å². The lowest BCUT2D eigenvalue weighted by Crippen LogP contribution is -2.37. The van der Waals surface area contributed by atoms with Crippen LogP contribution in [0.1, 0.15) is 32.3 Å². The second kappa shape index (κ2) is 6.61. The van der Waals surface area contributed by atoms with Crippen LogP contribution in [0.4, 0.5) is 0 Å². The van der Waals surface area contributed by atoms with Crippen LogP contribution in [-0.2, 0) is 10.0 Å². The monoisotopic (exact) mass is 307 g/mol. The Morgan fingerprint density at radius 1 is 1.24 bits per heavy atom. The van der Waals surface area contributed by atoms with Crippen LogP contribution < -0.4 is 4.72 Å². The lowest BCUT2D eigenvalue weighted by molar-refractivity contribution is 0.350. The molecule has 1 aromatic rings. The fourth-order valence-electron chi connectivity index (χ4n) is 2.66. The molecule has 3 unspecified atom stereocenters. The third-order valence-corrected chi connectivity index (χ3v) is 5.75. The minimum Gasteiger partial charge on any atom is -0.384 e. The van der Waals surface area contributed by atoms with Gasteiger partial charge in [-0.2, -0.15) is 0 Å². The number of aliphatic hydroxyl groups excluding tert-OH is 1. The van der Waals surface area contributed by atoms with Gasteiger partial charge in [-0.05, 0) is 48.9 Å². The fraction of sp³-hybridized carbons (Fsp3) is 0.500. The second-order valence-electron chi connectivity index (χ2n) is 5.63. The van der Waals surface area contributed by atoms with E-state index in [9.17, 15) is 8.42 Å². The minimum absolute atomic E-state index is 0.0128. The molecule has 1 fully saturated rings. The molecule has 0 amide bonds. The van der Waals surface area contributed by atoms with Crippen molar-refractivity contribution in [3.8, 4) is 11.8 Å². The highest BCUT2D eigenvalue weighted by atomic mass is 32.2. The van der Waals surface area contributed by atoms with Crippen LogP contribution in [-0.4, -0.2) is 26.2 Å². The van der Waals surface area contributed by atoms with Crippen molar-refractivity contribution in [1.29, 1.82) is 0 Å². The molecule has 0 radical (unpaired) electrons. The van der Waals surface area contributed by atoms with Crippen LogP contribution in [0.2, 0.25) is 0 Å². The van der Waals surface area contributed by atoms with E-state index in [1.54, 1.807) is 24.3 Å². The zero-order valence-corrected chi connectivity index (χ0v) is 13.2. The van der Waals surface area contributed by atoms with E-state index in [-0.39, 0.29) is 17.5 Å². The van der Waals surface area contributed by atoms with Crippen molar-refractivity contribution in [2.75, 3.05) is 6.61 Å². The maximum Gasteiger partial charge on any atom is 0.240 e. The molecule has 0 saturated heterocycles. The molecular weight excluding hydrogens is 286 g/mol. The highest BCUT2D eigenvalue weighted by Gasteiger charge is 2.32. The summed E-state index contributed by atoms with van der Waals surface area (Å²) in [7, 11) is -3.48. The normalized spacial score (nSPS) is 25.4. The van der Waals surface area contributed by atoms with Gasteiger partial charge in [-0.3, -0.25) is 0 Å². The van der Waals surface area contributed by atoms with Crippen LogP contribution in [0, 0.1) is 23.7 Å². The van der Waals surface area contributed by atoms with Gasteiger partial charge in [0.15, 0.2) is 0 Å². The Hall–Kier alpha value is -1.35. The predicted octanol–water partition coefficient (Wildman–Crippen LogP) is 1.74. The summed E-state index contributed by atoms with van der Waals surface area (Å²) < 4.78 is 27.6. The molecule has 114 valence electrons. The first-order valence-electron chi connectivity index (χ1n) is 7.16. The molecule has 1 aliphatic rings. The fourth-order valence-corrected chi connectivity index (χ4v) is 4.02. The van der Waals surface area contributed by atoms with Gasteiger partial charge in [0.1, 0.15) is 6.61 Å². The number of nitrogens with one attached hydrogen (secondary N) is 1. The number of benzene rings is 1. The molecule has 0 aromatic heterocycles. The molecule has 3 atom stereocenters. The van der Waals surface area contributed by atoms with Gasteiger partial charge in [-0.1, -0.05) is 25.7 Å². The average molecular weight is 307 g/mol. The second-order valence-corrected chi connectivity index (χ2v) is 7.34. The number of hydrogen-bond acceptors (Lipinski definition) is 3. The maximum atomic E-state index is 12.4. The third-order valence-electron chi connectivity index (χ3n) is 4.25. The van der Waals surface area contributed by atoms with E-state index >= 15 is 0 Å². The van der Waals surface area contributed by atoms with E-state index in [1.807, 2.05) is 0 Å². The lowest BCUT2D eigenvalue weighted by Gasteiger charge is -2.19. The Bertz CT molecular complexity index is 640. The van der Waals surface area contributed by atoms with Crippen LogP contribution in [0.25, 0.3) is 0 Å². The maximum absolute atomic E-state index is 12.4. The molecule has 1 aromatic carbocycles. The summed E-state index contributed by atoms with van der Waals surface area (Å²) in [4.78, 5) is 0.254. The van der Waals surface area contributed by atoms with Crippen molar-refractivity contribution in [1.82, 2.24) is 4.72 Å². The highest BCUT2D eigenvalue weighted by Crippen LogP contribution is 2.32. The molecule has 2 N–H and O–H groups in total. The van der Waals surface area contributed by atoms with E-state index in [0.717, 1.165) is 12.8 Å². The first-order chi connectivity index (χ1) is 9.94. The SMILES string of the molecule is CC1CCC(NS(=O)(=O)c2ccc(C#CCO)cc2)C1C. The first kappa shape index (κ1) is 16.0. The Morgan fingerprint density at radius 2 is 1.90 bits per heavy atom. The van der Waals surface area contributed by atoms with Crippen molar-refractivity contribution in [3.05, 3.63) is 29.8 Å². The molecule has 0 heterocycles. The van der Waals surface area contributed by atoms with Crippen molar-refractivity contribution < 1.29 is 13.5 Å². The van der Waals surface area contributed by atoms with Gasteiger partial charge in [0.2, 0.25) is 10.0 Å². The molecule has 0 spiro atoms. The highest BCUT2D eigenvalue weighted by molar-refractivity contribution is 7.89. The molecule has 0 bridgehead atoms. The van der Waals surface area contributed by atoms with E-state index in [1.165, 1.54) is 0 Å². The van der Waals surface area contributed by atoms with Crippen LogP contribution in [0.5, 0.6) is 0 Å². The number of hydrogen-bond donors (Lipinski definition) is 2. The summed E-state index contributed by atoms with van der Waals surface area (Å²) in [6.45, 7) is 4.05. The largest absolute Gasteiger partial charge is 0.384 e. The minimum atomic E-state index is -3.48. The quantitative estimate of drug-likeness (QED) is 0.836. The molecule has 5 heteroatoms. The van der Waals surface area contributed by atoms with Gasteiger partial charge >= 0.3 is 0 Å². The van der Waals surface area contributed by atoms with Gasteiger partial charge in [0.25, 0.3) is 0 Å². The van der Waals surface area contributed by atoms with E-state index in [0.29, 0.717) is 17.4 Å². The van der Waals surface area contributed by atoms with Gasteiger partial charge < -0.3 is 5.11 Å². The molecule has 4 nitrogen and oxygen atoms in total. The van der Waals surface area contributed by atoms with Gasteiger partial charge in [0, 0.05) is 11.6 Å². The lowest BCUT2D eigenvalue weighted by atomic mass is 9.98. The van der Waals surface area contributed by atoms with Crippen molar-refractivity contribution in [2.24, 2.45) is 11.8 Å². The predicted molar refractivity (Wildman–Crippen MR) is 82.1 cm³/mol. The summed E-state index contributed by atoms with van der Waals surface area (Å²) >= 11 is 0. The molecular formula is C16H21NO3S. The summed E-state index contributed by atoms with van der Waals surface area (Å²) in [6.07, 6.45) is 1.95. The topological polar surface area (TPSA) is 66.4 Å². The standard InChI is InChI=1S/C16H21NO3S/c1-12-5-10-16(13(12)2)17-21(19,20)15-8-6-14(7-9-15)4-3-11-18/h6-9,12-13,16-18H,5,10-11H2,1-2H3. The van der Waals surface area contributed by atoms with Gasteiger partial charge in [-0.25, -0.2) is 13.1 Å². The van der Waals surface area contributed by atoms with E-state index < -0.39 is 10.0 Å². The smallest absolute Gasteiger partial charge is 0.240 e. The van der Waals surface area contributed by atoms with Crippen LogP contribution in [0.15, 0.2) is 29.2 Å². The Labute approximate surface area is 126 Å². The van der Waals surface area contributed by atoms with Crippen molar-refractivity contribution in [2.45, 2.75) is 37.6 Å². The van der Waals surface area contributed by atoms with Crippen LogP contribution in [0.3, 0.4) is 0 Å². The number of aliphatic hydroxyl groups is 1. The molecule has 21 heavy (non-hydrogen) atoms. The molecule has 1 saturated carbocycles. The summed E-state index contributed by atoms with van der Waals surface area (Å²) in [5.41, 5.74) is 0.686. The number of rotatable bonds is 3. The molecule has 2 rings (SSSR count). The Morgan fingerprint density at radius 3 is 2.43 bits per heavy atom. The Balaban J connectivity index is 2.12. The summed E-state index contributed by atoms with van der Waals surface area (Å²) in [5, 5.41) is 8.64. The average Bonchev–Trinajstić information content (AvgIpc) is 2.77. The molecule has 1 aliphatic carbocycles.